The highest BCUT2D eigenvalue weighted by Gasteiger charge is 2.20. The molecule has 1 fully saturated rings. The molecule has 1 saturated heterocycles. The van der Waals surface area contributed by atoms with Crippen LogP contribution >= 0.6 is 11.5 Å². The molecule has 0 radical (unpaired) electrons. The zero-order valence-corrected chi connectivity index (χ0v) is 14.0. The first-order valence-corrected chi connectivity index (χ1v) is 8.66. The van der Waals surface area contributed by atoms with E-state index in [1.54, 1.807) is 11.5 Å². The highest BCUT2D eigenvalue weighted by atomic mass is 32.1. The van der Waals surface area contributed by atoms with Crippen LogP contribution in [0.25, 0.3) is 10.1 Å². The summed E-state index contributed by atoms with van der Waals surface area (Å²) in [5.74, 6) is 1.14. The summed E-state index contributed by atoms with van der Waals surface area (Å²) in [6, 6.07) is 8.47. The number of hydrogen-bond donors (Lipinski definition) is 0. The third-order valence-electron chi connectivity index (χ3n) is 4.25. The number of anilines is 1. The molecule has 1 aliphatic heterocycles. The Morgan fingerprint density at radius 2 is 1.87 bits per heavy atom. The predicted molar refractivity (Wildman–Crippen MR) is 93.9 cm³/mol. The predicted octanol–water partition coefficient (Wildman–Crippen LogP) is 2.72. The third kappa shape index (κ3) is 3.04. The third-order valence-corrected chi connectivity index (χ3v) is 5.07. The first-order valence-electron chi connectivity index (χ1n) is 7.89. The average Bonchev–Trinajstić information content (AvgIpc) is 3.02. The molecule has 0 N–H and O–H groups in total. The van der Waals surface area contributed by atoms with Gasteiger partial charge in [-0.25, -0.2) is 0 Å². The molecule has 0 saturated carbocycles. The lowest BCUT2D eigenvalue weighted by atomic mass is 10.2. The quantitative estimate of drug-likeness (QED) is 0.741. The molecule has 4 rings (SSSR count). The number of hydrogen-bond acceptors (Lipinski definition) is 6. The maximum absolute atomic E-state index is 4.66. The van der Waals surface area contributed by atoms with Gasteiger partial charge >= 0.3 is 0 Å². The minimum atomic E-state index is 0.874. The SMILES string of the molecule is Cc1cnc(CN2CCN(c3nsc4ccccc34)CC2)cn1. The molecule has 0 unspecified atom stereocenters. The molecule has 0 aliphatic carbocycles. The van der Waals surface area contributed by atoms with Crippen LogP contribution in [0, 0.1) is 6.92 Å². The highest BCUT2D eigenvalue weighted by molar-refractivity contribution is 7.13. The van der Waals surface area contributed by atoms with E-state index in [2.05, 4.69) is 48.4 Å². The Hall–Kier alpha value is -2.05. The number of piperazine rings is 1. The molecule has 0 bridgehead atoms. The molecule has 1 aliphatic rings. The van der Waals surface area contributed by atoms with E-state index >= 15 is 0 Å². The van der Waals surface area contributed by atoms with Gasteiger partial charge in [-0.2, -0.15) is 4.37 Å². The van der Waals surface area contributed by atoms with Gasteiger partial charge in [0.15, 0.2) is 0 Å². The van der Waals surface area contributed by atoms with Crippen molar-refractivity contribution in [2.24, 2.45) is 0 Å². The van der Waals surface area contributed by atoms with Crippen molar-refractivity contribution in [1.82, 2.24) is 19.2 Å². The fraction of sp³-hybridized carbons (Fsp3) is 0.353. The maximum Gasteiger partial charge on any atom is 0.150 e. The smallest absolute Gasteiger partial charge is 0.150 e. The molecule has 0 atom stereocenters. The van der Waals surface area contributed by atoms with E-state index in [-0.39, 0.29) is 0 Å². The molecule has 1 aromatic carbocycles. The molecule has 118 valence electrons. The van der Waals surface area contributed by atoms with Crippen LogP contribution in [-0.2, 0) is 6.54 Å². The summed E-state index contributed by atoms with van der Waals surface area (Å²) in [6.45, 7) is 6.91. The highest BCUT2D eigenvalue weighted by Crippen LogP contribution is 2.29. The fourth-order valence-corrected chi connectivity index (χ4v) is 3.74. The monoisotopic (exact) mass is 325 g/mol. The van der Waals surface area contributed by atoms with Gasteiger partial charge in [-0.15, -0.1) is 0 Å². The lowest BCUT2D eigenvalue weighted by molar-refractivity contribution is 0.246. The number of aromatic nitrogens is 3. The summed E-state index contributed by atoms with van der Waals surface area (Å²) in [7, 11) is 0. The summed E-state index contributed by atoms with van der Waals surface area (Å²) in [5.41, 5.74) is 2.01. The summed E-state index contributed by atoms with van der Waals surface area (Å²) in [6.07, 6.45) is 3.72. The van der Waals surface area contributed by atoms with Crippen molar-refractivity contribution in [3.05, 3.63) is 48.0 Å². The Bertz CT molecular complexity index is 790. The van der Waals surface area contributed by atoms with Gasteiger partial charge in [0.25, 0.3) is 0 Å². The molecular weight excluding hydrogens is 306 g/mol. The molecule has 0 spiro atoms. The van der Waals surface area contributed by atoms with Gasteiger partial charge in [-0.05, 0) is 30.6 Å². The van der Waals surface area contributed by atoms with Gasteiger partial charge in [0, 0.05) is 50.5 Å². The summed E-state index contributed by atoms with van der Waals surface area (Å²) >= 11 is 1.59. The van der Waals surface area contributed by atoms with Crippen molar-refractivity contribution in [3.8, 4) is 0 Å². The van der Waals surface area contributed by atoms with E-state index in [9.17, 15) is 0 Å². The van der Waals surface area contributed by atoms with Crippen LogP contribution in [0.5, 0.6) is 0 Å². The fourth-order valence-electron chi connectivity index (χ4n) is 2.95. The van der Waals surface area contributed by atoms with Crippen LogP contribution < -0.4 is 4.90 Å². The summed E-state index contributed by atoms with van der Waals surface area (Å²) in [5, 5.41) is 1.27. The molecule has 3 aromatic rings. The molecule has 23 heavy (non-hydrogen) atoms. The maximum atomic E-state index is 4.66. The largest absolute Gasteiger partial charge is 0.353 e. The number of nitrogens with zero attached hydrogens (tertiary/aromatic N) is 5. The van der Waals surface area contributed by atoms with Gasteiger partial charge < -0.3 is 4.90 Å². The molecule has 0 amide bonds. The van der Waals surface area contributed by atoms with Crippen LogP contribution in [0.1, 0.15) is 11.4 Å². The summed E-state index contributed by atoms with van der Waals surface area (Å²) in [4.78, 5) is 13.6. The van der Waals surface area contributed by atoms with Gasteiger partial charge in [-0.1, -0.05) is 12.1 Å². The van der Waals surface area contributed by atoms with Crippen molar-refractivity contribution < 1.29 is 0 Å². The Morgan fingerprint density at radius 1 is 1.04 bits per heavy atom. The lowest BCUT2D eigenvalue weighted by Crippen LogP contribution is -2.46. The van der Waals surface area contributed by atoms with Gasteiger partial charge in [0.1, 0.15) is 5.82 Å². The second-order valence-electron chi connectivity index (χ2n) is 5.91. The normalized spacial score (nSPS) is 16.1. The van der Waals surface area contributed by atoms with E-state index in [1.165, 1.54) is 10.1 Å². The van der Waals surface area contributed by atoms with Crippen LogP contribution in [0.4, 0.5) is 5.82 Å². The van der Waals surface area contributed by atoms with Crippen LogP contribution in [0.15, 0.2) is 36.7 Å². The van der Waals surface area contributed by atoms with Gasteiger partial charge in [-0.3, -0.25) is 14.9 Å². The first kappa shape index (κ1) is 14.5. The van der Waals surface area contributed by atoms with E-state index < -0.39 is 0 Å². The van der Waals surface area contributed by atoms with Crippen molar-refractivity contribution in [1.29, 1.82) is 0 Å². The first-order chi connectivity index (χ1) is 11.3. The molecular formula is C17H19N5S. The lowest BCUT2D eigenvalue weighted by Gasteiger charge is -2.34. The van der Waals surface area contributed by atoms with E-state index in [0.717, 1.165) is 49.9 Å². The standard InChI is InChI=1S/C17H19N5S/c1-13-10-19-14(11-18-13)12-21-6-8-22(9-7-21)17-15-4-2-3-5-16(15)23-20-17/h2-5,10-11H,6-9,12H2,1H3. The zero-order chi connectivity index (χ0) is 15.6. The number of aryl methyl sites for hydroxylation is 1. The Morgan fingerprint density at radius 3 is 2.65 bits per heavy atom. The zero-order valence-electron chi connectivity index (χ0n) is 13.1. The number of benzene rings is 1. The topological polar surface area (TPSA) is 45.2 Å². The Labute approximate surface area is 139 Å². The van der Waals surface area contributed by atoms with Gasteiger partial charge in [0.2, 0.25) is 0 Å². The minimum absolute atomic E-state index is 0.874. The van der Waals surface area contributed by atoms with E-state index in [4.69, 9.17) is 0 Å². The van der Waals surface area contributed by atoms with Gasteiger partial charge in [0.05, 0.1) is 16.1 Å². The molecule has 2 aromatic heterocycles. The van der Waals surface area contributed by atoms with Crippen LogP contribution in [0.3, 0.4) is 0 Å². The van der Waals surface area contributed by atoms with Crippen molar-refractivity contribution >= 4 is 27.4 Å². The van der Waals surface area contributed by atoms with Crippen molar-refractivity contribution in [2.75, 3.05) is 31.1 Å². The average molecular weight is 325 g/mol. The number of rotatable bonds is 3. The molecule has 6 heteroatoms. The summed E-state index contributed by atoms with van der Waals surface area (Å²) < 4.78 is 5.93. The minimum Gasteiger partial charge on any atom is -0.353 e. The second kappa shape index (κ2) is 6.22. The Balaban J connectivity index is 1.42. The Kier molecular flexibility index (Phi) is 3.93. The van der Waals surface area contributed by atoms with Crippen LogP contribution in [-0.4, -0.2) is 45.4 Å². The number of fused-ring (bicyclic) bond motifs is 1. The van der Waals surface area contributed by atoms with Crippen molar-refractivity contribution in [3.63, 3.8) is 0 Å². The molecule has 5 nitrogen and oxygen atoms in total. The molecule has 3 heterocycles. The van der Waals surface area contributed by atoms with E-state index in [1.807, 2.05) is 19.3 Å². The second-order valence-corrected chi connectivity index (χ2v) is 6.72. The van der Waals surface area contributed by atoms with Crippen molar-refractivity contribution in [2.45, 2.75) is 13.5 Å². The van der Waals surface area contributed by atoms with Crippen LogP contribution in [0.2, 0.25) is 0 Å². The van der Waals surface area contributed by atoms with E-state index in [0.29, 0.717) is 0 Å².